The van der Waals surface area contributed by atoms with Gasteiger partial charge in [0.15, 0.2) is 0 Å². The largest absolute Gasteiger partial charge is 0.483 e. The van der Waals surface area contributed by atoms with Crippen LogP contribution < -0.4 is 0 Å². The third-order valence-corrected chi connectivity index (χ3v) is 5.00. The molecule has 0 aromatic rings. The summed E-state index contributed by atoms with van der Waals surface area (Å²) in [5, 5.41) is 6.89. The van der Waals surface area contributed by atoms with Crippen LogP contribution in [-0.2, 0) is 19.2 Å². The number of carbonyl (C=O) groups is 4. The minimum Gasteiger partial charge on any atom is -0.483 e. The molecule has 1 N–H and O–H groups in total. The number of hydrogen-bond donors (Lipinski definition) is 1. The van der Waals surface area contributed by atoms with Gasteiger partial charge in [0.1, 0.15) is 0 Å². The Kier molecular flexibility index (Phi) is 11.2. The van der Waals surface area contributed by atoms with Crippen molar-refractivity contribution in [1.82, 2.24) is 19.6 Å². The molecule has 2 aliphatic heterocycles. The topological polar surface area (TPSA) is 101 Å². The number of amides is 3. The number of likely N-dealkylation sites (N-methyl/N-ethyl adjacent to an activating group) is 1. The van der Waals surface area contributed by atoms with Gasteiger partial charge in [0, 0.05) is 65.1 Å². The zero-order chi connectivity index (χ0) is 20.9. The lowest BCUT2D eigenvalue weighted by Crippen LogP contribution is -2.39. The van der Waals surface area contributed by atoms with E-state index in [9.17, 15) is 14.4 Å². The lowest BCUT2D eigenvalue weighted by Gasteiger charge is -2.27. The first-order chi connectivity index (χ1) is 13.4. The third kappa shape index (κ3) is 8.69. The molecule has 28 heavy (non-hydrogen) atoms. The highest BCUT2D eigenvalue weighted by atomic mass is 16.3. The molecule has 0 aliphatic carbocycles. The Morgan fingerprint density at radius 1 is 1.00 bits per heavy atom. The van der Waals surface area contributed by atoms with Crippen molar-refractivity contribution in [3.05, 3.63) is 0 Å². The highest BCUT2D eigenvalue weighted by molar-refractivity contribution is 5.80. The van der Waals surface area contributed by atoms with Gasteiger partial charge in [0.25, 0.3) is 6.47 Å². The molecule has 3 amide bonds. The average molecular weight is 399 g/mol. The molecule has 0 atom stereocenters. The minimum absolute atomic E-state index is 0.103. The predicted molar refractivity (Wildman–Crippen MR) is 105 cm³/mol. The fourth-order valence-corrected chi connectivity index (χ4v) is 3.35. The van der Waals surface area contributed by atoms with Crippen LogP contribution in [-0.4, -0.2) is 109 Å². The standard InChI is InChI=1S/C18H32N4O3.CH2O2/c1-19(2)12-13-22-15-14-21(11-8-18(22)25)17(24)7-5-10-20-9-4-3-6-16(20)23;2-1-3/h3-15H2,1-2H3;1H,(H,2,3). The average Bonchev–Trinajstić information content (AvgIpc) is 2.84. The molecule has 0 saturated carbocycles. The van der Waals surface area contributed by atoms with E-state index in [1.54, 1.807) is 0 Å². The summed E-state index contributed by atoms with van der Waals surface area (Å²) < 4.78 is 0. The smallest absolute Gasteiger partial charge is 0.290 e. The Morgan fingerprint density at radius 2 is 1.64 bits per heavy atom. The molecule has 2 saturated heterocycles. The second kappa shape index (κ2) is 13.1. The molecule has 2 heterocycles. The van der Waals surface area contributed by atoms with Crippen molar-refractivity contribution in [3.8, 4) is 0 Å². The lowest BCUT2D eigenvalue weighted by atomic mass is 10.1. The van der Waals surface area contributed by atoms with Crippen molar-refractivity contribution in [1.29, 1.82) is 0 Å². The van der Waals surface area contributed by atoms with Gasteiger partial charge in [-0.2, -0.15) is 0 Å². The molecule has 0 aromatic carbocycles. The van der Waals surface area contributed by atoms with Gasteiger partial charge < -0.3 is 24.7 Å². The van der Waals surface area contributed by atoms with Crippen LogP contribution >= 0.6 is 0 Å². The summed E-state index contributed by atoms with van der Waals surface area (Å²) in [6.07, 6.45) is 4.26. The van der Waals surface area contributed by atoms with Gasteiger partial charge in [0.2, 0.25) is 17.7 Å². The molecule has 2 aliphatic rings. The second-order valence-electron chi connectivity index (χ2n) is 7.36. The van der Waals surface area contributed by atoms with E-state index < -0.39 is 0 Å². The van der Waals surface area contributed by atoms with E-state index in [2.05, 4.69) is 4.90 Å². The van der Waals surface area contributed by atoms with E-state index >= 15 is 0 Å². The van der Waals surface area contributed by atoms with E-state index in [4.69, 9.17) is 9.90 Å². The van der Waals surface area contributed by atoms with Crippen LogP contribution in [0.1, 0.15) is 38.5 Å². The molecular formula is C19H34N4O5. The quantitative estimate of drug-likeness (QED) is 0.611. The van der Waals surface area contributed by atoms with Crippen molar-refractivity contribution < 1.29 is 24.3 Å². The number of rotatable bonds is 7. The Hall–Kier alpha value is -2.16. The maximum absolute atomic E-state index is 12.4. The summed E-state index contributed by atoms with van der Waals surface area (Å²) in [5.41, 5.74) is 0. The molecule has 0 aromatic heterocycles. The molecule has 160 valence electrons. The molecule has 0 bridgehead atoms. The second-order valence-corrected chi connectivity index (χ2v) is 7.36. The zero-order valence-corrected chi connectivity index (χ0v) is 17.1. The van der Waals surface area contributed by atoms with Gasteiger partial charge in [-0.25, -0.2) is 0 Å². The Morgan fingerprint density at radius 3 is 2.29 bits per heavy atom. The van der Waals surface area contributed by atoms with Crippen LogP contribution in [0, 0.1) is 0 Å². The SMILES string of the molecule is CN(C)CCN1CCN(C(=O)CCCN2CCCCC2=O)CCC1=O.O=CO. The maximum atomic E-state index is 12.4. The summed E-state index contributed by atoms with van der Waals surface area (Å²) in [4.78, 5) is 52.4. The van der Waals surface area contributed by atoms with Crippen LogP contribution in [0.15, 0.2) is 0 Å². The van der Waals surface area contributed by atoms with E-state index in [0.29, 0.717) is 58.4 Å². The number of piperidine rings is 1. The highest BCUT2D eigenvalue weighted by Gasteiger charge is 2.24. The van der Waals surface area contributed by atoms with E-state index in [1.165, 1.54) is 0 Å². The normalized spacial score (nSPS) is 17.9. The van der Waals surface area contributed by atoms with Crippen LogP contribution in [0.25, 0.3) is 0 Å². The molecule has 2 fully saturated rings. The predicted octanol–water partition coefficient (Wildman–Crippen LogP) is 0.102. The van der Waals surface area contributed by atoms with Crippen LogP contribution in [0.4, 0.5) is 0 Å². The fraction of sp³-hybridized carbons (Fsp3) is 0.789. The molecule has 9 nitrogen and oxygen atoms in total. The summed E-state index contributed by atoms with van der Waals surface area (Å²) in [6, 6.07) is 0. The molecule has 0 radical (unpaired) electrons. The van der Waals surface area contributed by atoms with Crippen LogP contribution in [0.3, 0.4) is 0 Å². The van der Waals surface area contributed by atoms with Crippen molar-refractivity contribution in [3.63, 3.8) is 0 Å². The van der Waals surface area contributed by atoms with Crippen LogP contribution in [0.5, 0.6) is 0 Å². The van der Waals surface area contributed by atoms with Crippen molar-refractivity contribution >= 4 is 24.2 Å². The van der Waals surface area contributed by atoms with Crippen LogP contribution in [0.2, 0.25) is 0 Å². The number of carbonyl (C=O) groups excluding carboxylic acids is 3. The number of carboxylic acid groups (broad SMARTS) is 1. The molecule has 2 rings (SSSR count). The summed E-state index contributed by atoms with van der Waals surface area (Å²) in [7, 11) is 3.98. The maximum Gasteiger partial charge on any atom is 0.290 e. The number of nitrogens with zero attached hydrogens (tertiary/aromatic N) is 4. The Balaban J connectivity index is 0.00000122. The summed E-state index contributed by atoms with van der Waals surface area (Å²) in [5.74, 6) is 0.457. The van der Waals surface area contributed by atoms with Crippen molar-refractivity contribution in [2.45, 2.75) is 38.5 Å². The van der Waals surface area contributed by atoms with E-state index in [-0.39, 0.29) is 24.2 Å². The number of hydrogen-bond acceptors (Lipinski definition) is 5. The molecular weight excluding hydrogens is 364 g/mol. The van der Waals surface area contributed by atoms with Crippen molar-refractivity contribution in [2.24, 2.45) is 0 Å². The first-order valence-corrected chi connectivity index (χ1v) is 9.95. The first-order valence-electron chi connectivity index (χ1n) is 9.95. The van der Waals surface area contributed by atoms with Gasteiger partial charge in [-0.1, -0.05) is 0 Å². The van der Waals surface area contributed by atoms with Gasteiger partial charge in [-0.05, 0) is 33.4 Å². The first kappa shape index (κ1) is 23.9. The minimum atomic E-state index is -0.250. The molecule has 0 unspecified atom stereocenters. The Labute approximate surface area is 167 Å². The zero-order valence-electron chi connectivity index (χ0n) is 17.1. The summed E-state index contributed by atoms with van der Waals surface area (Å²) >= 11 is 0. The Bertz CT molecular complexity index is 526. The third-order valence-electron chi connectivity index (χ3n) is 5.00. The van der Waals surface area contributed by atoms with Gasteiger partial charge in [-0.3, -0.25) is 19.2 Å². The number of likely N-dealkylation sites (tertiary alicyclic amines) is 1. The van der Waals surface area contributed by atoms with Gasteiger partial charge in [-0.15, -0.1) is 0 Å². The highest BCUT2D eigenvalue weighted by Crippen LogP contribution is 2.12. The van der Waals surface area contributed by atoms with Crippen molar-refractivity contribution in [2.75, 3.05) is 59.9 Å². The van der Waals surface area contributed by atoms with E-state index in [0.717, 1.165) is 25.9 Å². The molecule has 9 heteroatoms. The fourth-order valence-electron chi connectivity index (χ4n) is 3.35. The summed E-state index contributed by atoms with van der Waals surface area (Å²) in [6.45, 7) is 4.54. The molecule has 0 spiro atoms. The lowest BCUT2D eigenvalue weighted by molar-refractivity contribution is -0.135. The van der Waals surface area contributed by atoms with E-state index in [1.807, 2.05) is 28.8 Å². The van der Waals surface area contributed by atoms with Gasteiger partial charge >= 0.3 is 0 Å². The monoisotopic (exact) mass is 398 g/mol. The van der Waals surface area contributed by atoms with Gasteiger partial charge in [0.05, 0.1) is 0 Å².